The number of nitrogens with zero attached hydrogens (tertiary/aromatic N) is 2. The Morgan fingerprint density at radius 1 is 1.55 bits per heavy atom. The highest BCUT2D eigenvalue weighted by molar-refractivity contribution is 5.94. The molecule has 2 heterocycles. The second-order valence-electron chi connectivity index (χ2n) is 5.36. The fourth-order valence-corrected chi connectivity index (χ4v) is 2.62. The first-order chi connectivity index (χ1) is 10.6. The number of halogens is 2. The molecule has 1 aliphatic heterocycles. The summed E-state index contributed by atoms with van der Waals surface area (Å²) in [6.45, 7) is 0.645. The number of carbonyl (C=O) groups is 1. The molecule has 0 spiro atoms. The lowest BCUT2D eigenvalue weighted by molar-refractivity contribution is 0.0651. The fourth-order valence-electron chi connectivity index (χ4n) is 2.62. The van der Waals surface area contributed by atoms with E-state index in [4.69, 9.17) is 9.84 Å². The van der Waals surface area contributed by atoms with Gasteiger partial charge in [-0.1, -0.05) is 0 Å². The molecule has 1 aromatic heterocycles. The second-order valence-corrected chi connectivity index (χ2v) is 5.36. The Bertz CT molecular complexity index is 497. The fraction of sp³-hybridized carbons (Fsp3) is 0.600. The number of aliphatic hydroxyl groups is 1. The van der Waals surface area contributed by atoms with Crippen molar-refractivity contribution in [2.24, 2.45) is 5.92 Å². The molecular formula is C15H20F2N2O3. The van der Waals surface area contributed by atoms with Gasteiger partial charge in [0.2, 0.25) is 5.88 Å². The second kappa shape index (κ2) is 8.03. The van der Waals surface area contributed by atoms with Crippen molar-refractivity contribution in [3.8, 4) is 5.88 Å². The standard InChI is InChI=1S/C15H20F2N2O3/c16-13(17)10-22-14-8-12(3-5-18-14)15(21)19-6-1-2-11(9-19)4-7-20/h3,5,8,11,13,20H,1-2,4,6-7,9-10H2/t11-/m0/s1. The highest BCUT2D eigenvalue weighted by Gasteiger charge is 2.24. The number of hydrogen-bond donors (Lipinski definition) is 1. The van der Waals surface area contributed by atoms with Gasteiger partial charge in [0, 0.05) is 37.5 Å². The van der Waals surface area contributed by atoms with E-state index < -0.39 is 13.0 Å². The number of likely N-dealkylation sites (tertiary alicyclic amines) is 1. The molecule has 7 heteroatoms. The van der Waals surface area contributed by atoms with Crippen molar-refractivity contribution in [3.63, 3.8) is 0 Å². The van der Waals surface area contributed by atoms with Crippen LogP contribution in [0.4, 0.5) is 8.78 Å². The third kappa shape index (κ3) is 4.62. The van der Waals surface area contributed by atoms with Crippen LogP contribution in [0.15, 0.2) is 18.3 Å². The predicted molar refractivity (Wildman–Crippen MR) is 76.1 cm³/mol. The van der Waals surface area contributed by atoms with Gasteiger partial charge in [-0.15, -0.1) is 0 Å². The van der Waals surface area contributed by atoms with Gasteiger partial charge in [0.1, 0.15) is 0 Å². The first-order valence-electron chi connectivity index (χ1n) is 7.37. The molecule has 0 radical (unpaired) electrons. The Kier molecular flexibility index (Phi) is 6.06. The molecule has 22 heavy (non-hydrogen) atoms. The molecule has 0 aliphatic carbocycles. The van der Waals surface area contributed by atoms with Crippen molar-refractivity contribution in [3.05, 3.63) is 23.9 Å². The number of pyridine rings is 1. The van der Waals surface area contributed by atoms with E-state index in [9.17, 15) is 13.6 Å². The number of alkyl halides is 2. The zero-order chi connectivity index (χ0) is 15.9. The highest BCUT2D eigenvalue weighted by atomic mass is 19.3. The predicted octanol–water partition coefficient (Wildman–Crippen LogP) is 1.96. The minimum absolute atomic E-state index is 0.0232. The van der Waals surface area contributed by atoms with E-state index in [1.54, 1.807) is 11.0 Å². The number of ether oxygens (including phenoxy) is 1. The van der Waals surface area contributed by atoms with Crippen molar-refractivity contribution < 1.29 is 23.4 Å². The van der Waals surface area contributed by atoms with Crippen molar-refractivity contribution in [2.45, 2.75) is 25.7 Å². The molecule has 122 valence electrons. The van der Waals surface area contributed by atoms with Crippen LogP contribution in [-0.2, 0) is 0 Å². The van der Waals surface area contributed by atoms with E-state index in [-0.39, 0.29) is 18.4 Å². The van der Waals surface area contributed by atoms with Crippen LogP contribution in [0.2, 0.25) is 0 Å². The first-order valence-corrected chi connectivity index (χ1v) is 7.37. The third-order valence-corrected chi connectivity index (χ3v) is 3.68. The maximum absolute atomic E-state index is 12.5. The maximum Gasteiger partial charge on any atom is 0.272 e. The smallest absolute Gasteiger partial charge is 0.272 e. The summed E-state index contributed by atoms with van der Waals surface area (Å²) in [4.78, 5) is 18.0. The van der Waals surface area contributed by atoms with Gasteiger partial charge in [0.25, 0.3) is 12.3 Å². The molecule has 1 atom stereocenters. The van der Waals surface area contributed by atoms with E-state index in [0.717, 1.165) is 12.8 Å². The summed E-state index contributed by atoms with van der Waals surface area (Å²) in [5.74, 6) is 0.168. The number of piperidine rings is 1. The summed E-state index contributed by atoms with van der Waals surface area (Å²) >= 11 is 0. The summed E-state index contributed by atoms with van der Waals surface area (Å²) in [6, 6.07) is 2.94. The van der Waals surface area contributed by atoms with Gasteiger partial charge in [0.05, 0.1) is 0 Å². The molecule has 5 nitrogen and oxygen atoms in total. The molecule has 1 fully saturated rings. The molecule has 0 aromatic carbocycles. The number of hydrogen-bond acceptors (Lipinski definition) is 4. The summed E-state index contributed by atoms with van der Waals surface area (Å²) in [6.07, 6.45) is 1.38. The Morgan fingerprint density at radius 2 is 2.36 bits per heavy atom. The number of rotatable bonds is 6. The number of aliphatic hydroxyl groups excluding tert-OH is 1. The maximum atomic E-state index is 12.5. The first kappa shape index (κ1) is 16.6. The van der Waals surface area contributed by atoms with Crippen LogP contribution in [0.25, 0.3) is 0 Å². The summed E-state index contributed by atoms with van der Waals surface area (Å²) in [5.41, 5.74) is 0.379. The summed E-state index contributed by atoms with van der Waals surface area (Å²) < 4.78 is 29.1. The molecule has 0 saturated carbocycles. The average Bonchev–Trinajstić information content (AvgIpc) is 2.53. The minimum Gasteiger partial charge on any atom is -0.472 e. The van der Waals surface area contributed by atoms with Gasteiger partial charge >= 0.3 is 0 Å². The molecule has 1 aromatic rings. The van der Waals surface area contributed by atoms with Gasteiger partial charge < -0.3 is 14.7 Å². The molecule has 1 saturated heterocycles. The molecule has 1 N–H and O–H groups in total. The van der Waals surface area contributed by atoms with Crippen molar-refractivity contribution >= 4 is 5.91 Å². The quantitative estimate of drug-likeness (QED) is 0.872. The highest BCUT2D eigenvalue weighted by Crippen LogP contribution is 2.21. The number of aromatic nitrogens is 1. The molecule has 0 bridgehead atoms. The SMILES string of the molecule is O=C(c1ccnc(OCC(F)F)c1)N1CCC[C@@H](CCO)C1. The largest absolute Gasteiger partial charge is 0.472 e. The van der Waals surface area contributed by atoms with E-state index in [1.807, 2.05) is 0 Å². The lowest BCUT2D eigenvalue weighted by Gasteiger charge is -2.32. The summed E-state index contributed by atoms with van der Waals surface area (Å²) in [5, 5.41) is 9.01. The molecule has 1 amide bonds. The van der Waals surface area contributed by atoms with E-state index in [0.29, 0.717) is 31.0 Å². The van der Waals surface area contributed by atoms with Crippen LogP contribution < -0.4 is 4.74 Å². The Morgan fingerprint density at radius 3 is 3.09 bits per heavy atom. The Balaban J connectivity index is 2.00. The van der Waals surface area contributed by atoms with Crippen molar-refractivity contribution in [1.29, 1.82) is 0 Å². The number of amides is 1. The zero-order valence-electron chi connectivity index (χ0n) is 12.3. The number of carbonyl (C=O) groups excluding carboxylic acids is 1. The van der Waals surface area contributed by atoms with Gasteiger partial charge in [0.15, 0.2) is 6.61 Å². The van der Waals surface area contributed by atoms with Crippen LogP contribution in [0.5, 0.6) is 5.88 Å². The Hall–Kier alpha value is -1.76. The molecular weight excluding hydrogens is 294 g/mol. The van der Waals surface area contributed by atoms with Crippen LogP contribution in [0, 0.1) is 5.92 Å². The molecule has 0 unspecified atom stereocenters. The summed E-state index contributed by atoms with van der Waals surface area (Å²) in [7, 11) is 0. The monoisotopic (exact) mass is 314 g/mol. The van der Waals surface area contributed by atoms with E-state index in [1.165, 1.54) is 12.3 Å². The average molecular weight is 314 g/mol. The van der Waals surface area contributed by atoms with Gasteiger partial charge in [-0.25, -0.2) is 13.8 Å². The van der Waals surface area contributed by atoms with Crippen molar-refractivity contribution in [2.75, 3.05) is 26.3 Å². The Labute approximate surface area is 127 Å². The van der Waals surface area contributed by atoms with Crippen molar-refractivity contribution in [1.82, 2.24) is 9.88 Å². The van der Waals surface area contributed by atoms with Gasteiger partial charge in [-0.05, 0) is 31.2 Å². The van der Waals surface area contributed by atoms with Gasteiger partial charge in [-0.2, -0.15) is 0 Å². The molecule has 1 aliphatic rings. The topological polar surface area (TPSA) is 62.7 Å². The third-order valence-electron chi connectivity index (χ3n) is 3.68. The van der Waals surface area contributed by atoms with Crippen LogP contribution in [0.3, 0.4) is 0 Å². The van der Waals surface area contributed by atoms with Crippen LogP contribution in [-0.4, -0.2) is 53.6 Å². The normalized spacial score (nSPS) is 18.5. The van der Waals surface area contributed by atoms with E-state index in [2.05, 4.69) is 4.98 Å². The van der Waals surface area contributed by atoms with E-state index >= 15 is 0 Å². The zero-order valence-corrected chi connectivity index (χ0v) is 12.3. The minimum atomic E-state index is -2.58. The lowest BCUT2D eigenvalue weighted by atomic mass is 9.95. The lowest BCUT2D eigenvalue weighted by Crippen LogP contribution is -2.40. The molecule has 2 rings (SSSR count). The van der Waals surface area contributed by atoms with Crippen LogP contribution >= 0.6 is 0 Å². The van der Waals surface area contributed by atoms with Gasteiger partial charge in [-0.3, -0.25) is 4.79 Å². The van der Waals surface area contributed by atoms with Crippen LogP contribution in [0.1, 0.15) is 29.6 Å².